The second kappa shape index (κ2) is 3.00. The fraction of sp³-hybridized carbons (Fsp3) is 0.500. The number of carbonyl (C=O) groups is 1. The van der Waals surface area contributed by atoms with Crippen LogP contribution in [0.25, 0.3) is 0 Å². The van der Waals surface area contributed by atoms with Crippen LogP contribution in [0.3, 0.4) is 0 Å². The average molecular weight is 177 g/mol. The molecule has 0 spiro atoms. The summed E-state index contributed by atoms with van der Waals surface area (Å²) in [6.07, 6.45) is -2.78. The molecule has 0 aliphatic carbocycles. The molecule has 0 aromatic heterocycles. The molecule has 0 amide bonds. The number of aliphatic hydroxyl groups is 4. The number of rotatable bonds is 2. The van der Waals surface area contributed by atoms with Crippen molar-refractivity contribution >= 4 is 5.97 Å². The monoisotopic (exact) mass is 177 g/mol. The highest BCUT2D eigenvalue weighted by Gasteiger charge is 2.38. The minimum atomic E-state index is -1.42. The van der Waals surface area contributed by atoms with Crippen LogP contribution in [0.15, 0.2) is 11.5 Å². The molecule has 0 bridgehead atoms. The van der Waals surface area contributed by atoms with Gasteiger partial charge in [-0.3, -0.25) is 0 Å². The number of ether oxygens (including phenoxy) is 1. The Kier molecular flexibility index (Phi) is 2.20. The lowest BCUT2D eigenvalue weighted by molar-refractivity contribution is -0.147. The van der Waals surface area contributed by atoms with Crippen LogP contribution in [0.1, 0.15) is 0 Å². The molecule has 6 heteroatoms. The molecule has 2 atom stereocenters. The molecule has 12 heavy (non-hydrogen) atoms. The van der Waals surface area contributed by atoms with Gasteiger partial charge < -0.3 is 25.2 Å². The Morgan fingerprint density at radius 1 is 1.50 bits per heavy atom. The van der Waals surface area contributed by atoms with E-state index in [-0.39, 0.29) is 0 Å². The molecule has 1 heterocycles. The van der Waals surface area contributed by atoms with Crippen molar-refractivity contribution in [3.63, 3.8) is 0 Å². The second-order valence-corrected chi connectivity index (χ2v) is 2.31. The molecular formula is C6H8O6. The van der Waals surface area contributed by atoms with Gasteiger partial charge in [0.2, 0.25) is 5.76 Å². The normalized spacial score (nSPS) is 25.8. The zero-order chi connectivity index (χ0) is 9.30. The van der Waals surface area contributed by atoms with Gasteiger partial charge in [0.1, 0.15) is 6.10 Å². The van der Waals surface area contributed by atoms with Crippen molar-refractivity contribution in [2.45, 2.75) is 12.2 Å². The highest BCUT2D eigenvalue weighted by Crippen LogP contribution is 2.20. The van der Waals surface area contributed by atoms with Crippen molar-refractivity contribution in [1.82, 2.24) is 0 Å². The van der Waals surface area contributed by atoms with Crippen LogP contribution in [0.2, 0.25) is 0 Å². The van der Waals surface area contributed by atoms with E-state index in [0.29, 0.717) is 0 Å². The lowest BCUT2D eigenvalue weighted by atomic mass is 10.2. The Hall–Kier alpha value is -1.27. The quantitative estimate of drug-likeness (QED) is 0.305. The van der Waals surface area contributed by atoms with E-state index in [1.165, 1.54) is 0 Å². The molecule has 1 aliphatic heterocycles. The van der Waals surface area contributed by atoms with Gasteiger partial charge >= 0.3 is 5.97 Å². The zero-order valence-electron chi connectivity index (χ0n) is 5.97. The molecule has 6 nitrogen and oxygen atoms in total. The molecule has 0 aromatic rings. The van der Waals surface area contributed by atoms with E-state index in [1.807, 2.05) is 0 Å². The summed E-state index contributed by atoms with van der Waals surface area (Å²) >= 11 is 0. The summed E-state index contributed by atoms with van der Waals surface area (Å²) < 4.78 is 4.32. The Labute approximate surface area is 67.3 Å². The molecule has 0 unspecified atom stereocenters. The lowest BCUT2D eigenvalue weighted by Gasteiger charge is -2.13. The number of hydrogen-bond acceptors (Lipinski definition) is 6. The largest absolute Gasteiger partial charge is 0.505 e. The first-order valence-electron chi connectivity index (χ1n) is 3.20. The molecule has 1 aliphatic rings. The van der Waals surface area contributed by atoms with Gasteiger partial charge in [-0.1, -0.05) is 0 Å². The smallest absolute Gasteiger partial charge is 0.377 e. The number of hydrogen-bond donors (Lipinski definition) is 4. The highest BCUT2D eigenvalue weighted by atomic mass is 16.6. The van der Waals surface area contributed by atoms with E-state index in [1.54, 1.807) is 0 Å². The Morgan fingerprint density at radius 2 is 2.08 bits per heavy atom. The summed E-state index contributed by atoms with van der Waals surface area (Å²) in [5, 5.41) is 35.0. The van der Waals surface area contributed by atoms with Crippen molar-refractivity contribution in [1.29, 1.82) is 0 Å². The molecule has 0 aromatic carbocycles. The Balaban J connectivity index is 2.80. The van der Waals surface area contributed by atoms with Crippen molar-refractivity contribution in [2.24, 2.45) is 0 Å². The molecule has 0 saturated carbocycles. The van der Waals surface area contributed by atoms with Gasteiger partial charge in [-0.15, -0.1) is 0 Å². The summed E-state index contributed by atoms with van der Waals surface area (Å²) in [6, 6.07) is 0. The fourth-order valence-corrected chi connectivity index (χ4v) is 0.823. The van der Waals surface area contributed by atoms with Crippen LogP contribution in [0.4, 0.5) is 0 Å². The van der Waals surface area contributed by atoms with Crippen LogP contribution >= 0.6 is 0 Å². The summed E-state index contributed by atoms with van der Waals surface area (Å²) in [6.45, 7) is -0.671. The summed E-state index contributed by atoms with van der Waals surface area (Å²) in [5.74, 6) is -2.78. The van der Waals surface area contributed by atoms with Crippen LogP contribution in [-0.4, -0.2) is 45.2 Å². The van der Waals surface area contributed by atoms with E-state index < -0.39 is 36.3 Å². The standard InChI is InChI=1S/C6H8O6/c7-1-2(8)5-3(9)4(10)6(11)12-5/h2,5,7-10H,1H2/t2-,5+/m0/s1/i4+1. The van der Waals surface area contributed by atoms with Crippen molar-refractivity contribution in [3.8, 4) is 0 Å². The highest BCUT2D eigenvalue weighted by molar-refractivity contribution is 5.89. The summed E-state index contributed by atoms with van der Waals surface area (Å²) in [7, 11) is 0. The minimum Gasteiger partial charge on any atom is -0.505 e. The van der Waals surface area contributed by atoms with Gasteiger partial charge in [0.15, 0.2) is 11.9 Å². The second-order valence-electron chi connectivity index (χ2n) is 2.31. The SMILES string of the molecule is O=C1O[C@H]([C@@H](O)CO)C(O)=[13C]1O. The molecule has 1 rings (SSSR count). The van der Waals surface area contributed by atoms with Crippen LogP contribution in [0.5, 0.6) is 0 Å². The number of cyclic esters (lactones) is 1. The zero-order valence-corrected chi connectivity index (χ0v) is 5.97. The number of esters is 1. The molecule has 4 N–H and O–H groups in total. The maximum absolute atomic E-state index is 10.5. The topological polar surface area (TPSA) is 107 Å². The average Bonchev–Trinajstić information content (AvgIpc) is 2.32. The van der Waals surface area contributed by atoms with Gasteiger partial charge in [0, 0.05) is 0 Å². The van der Waals surface area contributed by atoms with Crippen molar-refractivity contribution in [2.75, 3.05) is 6.61 Å². The number of aliphatic hydroxyl groups excluding tert-OH is 4. The first-order valence-corrected chi connectivity index (χ1v) is 3.20. The van der Waals surface area contributed by atoms with Gasteiger partial charge in [0.05, 0.1) is 6.61 Å². The van der Waals surface area contributed by atoms with E-state index in [4.69, 9.17) is 20.4 Å². The lowest BCUT2D eigenvalue weighted by Crippen LogP contribution is -2.31. The van der Waals surface area contributed by atoms with E-state index in [2.05, 4.69) is 4.74 Å². The van der Waals surface area contributed by atoms with Gasteiger partial charge in [-0.25, -0.2) is 4.79 Å². The molecule has 0 saturated heterocycles. The molecule has 0 fully saturated rings. The first-order chi connectivity index (χ1) is 5.57. The maximum Gasteiger partial charge on any atom is 0.377 e. The van der Waals surface area contributed by atoms with Gasteiger partial charge in [0.25, 0.3) is 0 Å². The van der Waals surface area contributed by atoms with Crippen LogP contribution in [0, 0.1) is 0 Å². The van der Waals surface area contributed by atoms with Gasteiger partial charge in [-0.05, 0) is 0 Å². The van der Waals surface area contributed by atoms with E-state index >= 15 is 0 Å². The molecular weight excluding hydrogens is 169 g/mol. The maximum atomic E-state index is 10.5. The fourth-order valence-electron chi connectivity index (χ4n) is 0.823. The third-order valence-electron chi connectivity index (χ3n) is 1.48. The summed E-state index contributed by atoms with van der Waals surface area (Å²) in [4.78, 5) is 10.5. The Bertz CT molecular complexity index is 232. The van der Waals surface area contributed by atoms with Crippen LogP contribution in [-0.2, 0) is 9.53 Å². The van der Waals surface area contributed by atoms with E-state index in [0.717, 1.165) is 0 Å². The van der Waals surface area contributed by atoms with Crippen molar-refractivity contribution < 1.29 is 30.0 Å². The van der Waals surface area contributed by atoms with Crippen molar-refractivity contribution in [3.05, 3.63) is 11.5 Å². The van der Waals surface area contributed by atoms with Crippen LogP contribution < -0.4 is 0 Å². The molecule has 68 valence electrons. The third kappa shape index (κ3) is 1.21. The predicted octanol–water partition coefficient (Wildman–Crippen LogP) is -1.41. The first kappa shape index (κ1) is 8.82. The number of carbonyl (C=O) groups excluding carboxylic acids is 1. The Morgan fingerprint density at radius 3 is 2.42 bits per heavy atom. The van der Waals surface area contributed by atoms with Gasteiger partial charge in [-0.2, -0.15) is 0 Å². The molecule has 0 radical (unpaired) electrons. The summed E-state index contributed by atoms with van der Waals surface area (Å²) in [5.41, 5.74) is 0. The minimum absolute atomic E-state index is 0.671. The predicted molar refractivity (Wildman–Crippen MR) is 35.3 cm³/mol. The van der Waals surface area contributed by atoms with E-state index in [9.17, 15) is 4.79 Å². The third-order valence-corrected chi connectivity index (χ3v) is 1.48.